The summed E-state index contributed by atoms with van der Waals surface area (Å²) in [5.41, 5.74) is -0.965. The first-order valence-corrected chi connectivity index (χ1v) is 11.1. The van der Waals surface area contributed by atoms with E-state index in [4.69, 9.17) is 14.0 Å². The summed E-state index contributed by atoms with van der Waals surface area (Å²) in [6, 6.07) is 4.27. The zero-order valence-corrected chi connectivity index (χ0v) is 19.4. The summed E-state index contributed by atoms with van der Waals surface area (Å²) >= 11 is 0. The number of nitrogens with zero attached hydrogens (tertiary/aromatic N) is 2. The van der Waals surface area contributed by atoms with E-state index < -0.39 is 17.8 Å². The van der Waals surface area contributed by atoms with Gasteiger partial charge in [-0.3, -0.25) is 5.32 Å². The van der Waals surface area contributed by atoms with Gasteiger partial charge in [-0.15, -0.1) is 0 Å². The number of anilines is 2. The Morgan fingerprint density at radius 3 is 2.50 bits per heavy atom. The number of hydrogen-bond acceptors (Lipinski definition) is 6. The van der Waals surface area contributed by atoms with Gasteiger partial charge in [-0.2, -0.15) is 13.2 Å². The third-order valence-electron chi connectivity index (χ3n) is 5.84. The van der Waals surface area contributed by atoms with Crippen LogP contribution in [0.3, 0.4) is 0 Å². The molecule has 2 aliphatic heterocycles. The van der Waals surface area contributed by atoms with Crippen LogP contribution in [-0.2, 0) is 16.3 Å². The van der Waals surface area contributed by atoms with Gasteiger partial charge in [-0.1, -0.05) is 25.9 Å². The number of amides is 2. The third kappa shape index (κ3) is 5.64. The van der Waals surface area contributed by atoms with E-state index in [1.807, 2.05) is 20.8 Å². The van der Waals surface area contributed by atoms with E-state index in [9.17, 15) is 18.0 Å². The smallest absolute Gasteiger partial charge is 0.420 e. The Hall–Kier alpha value is -2.79. The number of alkyl halides is 3. The van der Waals surface area contributed by atoms with Gasteiger partial charge in [0.05, 0.1) is 25.4 Å². The first-order valence-electron chi connectivity index (χ1n) is 11.1. The van der Waals surface area contributed by atoms with Crippen LogP contribution in [0.25, 0.3) is 0 Å². The van der Waals surface area contributed by atoms with E-state index in [0.717, 1.165) is 38.9 Å². The lowest BCUT2D eigenvalue weighted by atomic mass is 9.78. The Labute approximate surface area is 195 Å². The molecule has 1 aromatic carbocycles. The van der Waals surface area contributed by atoms with Crippen LogP contribution in [0.5, 0.6) is 5.75 Å². The molecule has 0 atom stereocenters. The summed E-state index contributed by atoms with van der Waals surface area (Å²) in [6.07, 6.45) is -4.02. The van der Waals surface area contributed by atoms with Crippen LogP contribution in [0.15, 0.2) is 28.8 Å². The molecule has 0 bridgehead atoms. The molecule has 0 radical (unpaired) electrons. The number of urea groups is 1. The maximum absolute atomic E-state index is 13.6. The zero-order valence-electron chi connectivity index (χ0n) is 19.4. The molecule has 0 aliphatic carbocycles. The van der Waals surface area contributed by atoms with Crippen molar-refractivity contribution in [3.05, 3.63) is 35.6 Å². The molecular weight excluding hydrogens is 453 g/mol. The normalized spacial score (nSPS) is 17.7. The highest BCUT2D eigenvalue weighted by atomic mass is 19.4. The molecule has 1 spiro atoms. The monoisotopic (exact) mass is 482 g/mol. The first kappa shape index (κ1) is 24.3. The summed E-state index contributed by atoms with van der Waals surface area (Å²) in [5, 5.41) is 8.60. The third-order valence-corrected chi connectivity index (χ3v) is 5.84. The quantitative estimate of drug-likeness (QED) is 0.555. The highest BCUT2D eigenvalue weighted by Gasteiger charge is 2.48. The average Bonchev–Trinajstić information content (AvgIpc) is 3.14. The maximum Gasteiger partial charge on any atom is 0.420 e. The van der Waals surface area contributed by atoms with Crippen LogP contribution < -0.4 is 15.4 Å². The van der Waals surface area contributed by atoms with Crippen LogP contribution >= 0.6 is 0 Å². The molecule has 34 heavy (non-hydrogen) atoms. The van der Waals surface area contributed by atoms with Crippen molar-refractivity contribution in [2.45, 2.75) is 38.8 Å². The first-order chi connectivity index (χ1) is 15.9. The largest absolute Gasteiger partial charge is 0.493 e. The summed E-state index contributed by atoms with van der Waals surface area (Å²) in [6.45, 7) is 10.2. The van der Waals surface area contributed by atoms with Crippen molar-refractivity contribution < 1.29 is 32.0 Å². The summed E-state index contributed by atoms with van der Waals surface area (Å²) in [4.78, 5) is 14.5. The number of aromatic nitrogens is 1. The van der Waals surface area contributed by atoms with Gasteiger partial charge in [0.2, 0.25) is 0 Å². The molecule has 2 amide bonds. The molecule has 186 valence electrons. The van der Waals surface area contributed by atoms with E-state index in [1.54, 1.807) is 6.07 Å². The van der Waals surface area contributed by atoms with Crippen molar-refractivity contribution in [2.24, 2.45) is 5.41 Å². The van der Waals surface area contributed by atoms with Crippen molar-refractivity contribution in [3.63, 3.8) is 0 Å². The van der Waals surface area contributed by atoms with Gasteiger partial charge >= 0.3 is 12.2 Å². The van der Waals surface area contributed by atoms with E-state index in [0.29, 0.717) is 17.6 Å². The second-order valence-corrected chi connectivity index (χ2v) is 10.0. The highest BCUT2D eigenvalue weighted by molar-refractivity contribution is 5.99. The average molecular weight is 483 g/mol. The number of carbonyl (C=O) groups is 1. The molecule has 1 aromatic heterocycles. The number of ether oxygens (including phenoxy) is 2. The second kappa shape index (κ2) is 9.10. The number of likely N-dealkylation sites (tertiary alicyclic amines) is 1. The topological polar surface area (TPSA) is 88.9 Å². The second-order valence-electron chi connectivity index (χ2n) is 10.0. The number of carbonyl (C=O) groups excluding carboxylic acids is 1. The van der Waals surface area contributed by atoms with Crippen LogP contribution in [0, 0.1) is 5.41 Å². The molecule has 3 heterocycles. The summed E-state index contributed by atoms with van der Waals surface area (Å²) < 4.78 is 56.7. The fourth-order valence-electron chi connectivity index (χ4n) is 4.03. The molecule has 4 rings (SSSR count). The number of rotatable bonds is 7. The van der Waals surface area contributed by atoms with E-state index >= 15 is 0 Å². The Kier molecular flexibility index (Phi) is 6.52. The lowest BCUT2D eigenvalue weighted by molar-refractivity contribution is -0.189. The van der Waals surface area contributed by atoms with Gasteiger partial charge < -0.3 is 24.2 Å². The van der Waals surface area contributed by atoms with Crippen molar-refractivity contribution in [3.8, 4) is 5.75 Å². The molecule has 0 saturated carbocycles. The molecule has 2 saturated heterocycles. The van der Waals surface area contributed by atoms with Crippen LogP contribution in [0.1, 0.15) is 38.5 Å². The minimum atomic E-state index is -4.63. The lowest BCUT2D eigenvalue weighted by Crippen LogP contribution is -2.65. The molecule has 2 N–H and O–H groups in total. The Balaban J connectivity index is 1.30. The zero-order chi connectivity index (χ0) is 24.6. The van der Waals surface area contributed by atoms with Crippen LogP contribution in [0.2, 0.25) is 0 Å². The fraction of sp³-hybridized carbons (Fsp3) is 0.565. The number of halogens is 3. The molecular formula is C23H29F3N4O4. The Bertz CT molecular complexity index is 1020. The minimum Gasteiger partial charge on any atom is -0.493 e. The van der Waals surface area contributed by atoms with E-state index in [1.165, 1.54) is 12.1 Å². The molecule has 2 fully saturated rings. The Morgan fingerprint density at radius 1 is 1.18 bits per heavy atom. The van der Waals surface area contributed by atoms with Crippen molar-refractivity contribution in [1.82, 2.24) is 10.1 Å². The number of hydrogen-bond donors (Lipinski definition) is 2. The van der Waals surface area contributed by atoms with Gasteiger partial charge in [-0.25, -0.2) is 4.79 Å². The Morgan fingerprint density at radius 2 is 1.91 bits per heavy atom. The van der Waals surface area contributed by atoms with Crippen molar-refractivity contribution in [2.75, 3.05) is 50.1 Å². The standard InChI is InChI=1S/C23H29F3N4O4/c1-21(2,3)18-10-19(29-34-18)28-20(31)27-15-5-6-17(16(9-15)23(24,25)26)33-8-4-7-30-11-22(12-30)13-32-14-22/h5-6,9-10H,4,7-8,11-14H2,1-3H3,(H2,27,28,29,31). The van der Waals surface area contributed by atoms with Gasteiger partial charge in [0, 0.05) is 42.2 Å². The number of nitrogens with one attached hydrogen (secondary N) is 2. The highest BCUT2D eigenvalue weighted by Crippen LogP contribution is 2.39. The van der Waals surface area contributed by atoms with Gasteiger partial charge in [0.1, 0.15) is 11.5 Å². The van der Waals surface area contributed by atoms with Gasteiger partial charge in [0.25, 0.3) is 0 Å². The lowest BCUT2D eigenvalue weighted by Gasteiger charge is -2.55. The molecule has 0 unspecified atom stereocenters. The van der Waals surface area contributed by atoms with E-state index in [-0.39, 0.29) is 29.3 Å². The van der Waals surface area contributed by atoms with Crippen molar-refractivity contribution in [1.29, 1.82) is 0 Å². The van der Waals surface area contributed by atoms with Crippen LogP contribution in [0.4, 0.5) is 29.5 Å². The summed E-state index contributed by atoms with van der Waals surface area (Å²) in [7, 11) is 0. The number of benzene rings is 1. The fourth-order valence-corrected chi connectivity index (χ4v) is 4.03. The van der Waals surface area contributed by atoms with Gasteiger partial charge in [-0.05, 0) is 24.6 Å². The molecule has 11 heteroatoms. The maximum atomic E-state index is 13.6. The molecule has 2 aromatic rings. The predicted octanol–water partition coefficient (Wildman–Crippen LogP) is 4.74. The minimum absolute atomic E-state index is 0.0229. The van der Waals surface area contributed by atoms with Gasteiger partial charge in [0.15, 0.2) is 5.82 Å². The van der Waals surface area contributed by atoms with E-state index in [2.05, 4.69) is 20.7 Å². The summed E-state index contributed by atoms with van der Waals surface area (Å²) in [5.74, 6) is 0.461. The van der Waals surface area contributed by atoms with Crippen LogP contribution in [-0.4, -0.2) is 55.5 Å². The van der Waals surface area contributed by atoms with Crippen molar-refractivity contribution >= 4 is 17.5 Å². The molecule has 8 nitrogen and oxygen atoms in total. The predicted molar refractivity (Wildman–Crippen MR) is 119 cm³/mol. The molecule has 2 aliphatic rings. The SMILES string of the molecule is CC(C)(C)c1cc(NC(=O)Nc2ccc(OCCCN3CC4(COC4)C3)c(C(F)(F)F)c2)no1.